The standard InChI is InChI=1S/C31H36N4O4/c1-22(24-12-8-5-9-13-24)16-17-32-25-20-26-28(34-27(36)15-14-23-10-6-4-7-11-23)29(31(37)39-3)35(18-19-38-2)30(26)33-21-25/h4-13,20-22,32H,14-19H2,1-3H3,(H,34,36)/t22-/m0/s1. The third-order valence-electron chi connectivity index (χ3n) is 6.82. The second kappa shape index (κ2) is 13.6. The molecule has 2 aromatic carbocycles. The fourth-order valence-corrected chi connectivity index (χ4v) is 4.64. The summed E-state index contributed by atoms with van der Waals surface area (Å²) in [4.78, 5) is 30.7. The van der Waals surface area contributed by atoms with Crippen LogP contribution in [0.3, 0.4) is 0 Å². The monoisotopic (exact) mass is 528 g/mol. The number of ether oxygens (including phenoxy) is 2. The van der Waals surface area contributed by atoms with Crippen LogP contribution in [-0.2, 0) is 27.2 Å². The number of nitrogens with one attached hydrogen (secondary N) is 2. The highest BCUT2D eigenvalue weighted by Crippen LogP contribution is 2.33. The first kappa shape index (κ1) is 27.9. The van der Waals surface area contributed by atoms with Gasteiger partial charge in [0.2, 0.25) is 5.91 Å². The molecule has 0 aliphatic carbocycles. The Morgan fingerprint density at radius 1 is 1.03 bits per heavy atom. The predicted molar refractivity (Wildman–Crippen MR) is 154 cm³/mol. The van der Waals surface area contributed by atoms with E-state index in [2.05, 4.69) is 46.8 Å². The number of aromatic nitrogens is 2. The van der Waals surface area contributed by atoms with Crippen molar-refractivity contribution in [3.8, 4) is 0 Å². The summed E-state index contributed by atoms with van der Waals surface area (Å²) in [5, 5.41) is 7.11. The van der Waals surface area contributed by atoms with Crippen molar-refractivity contribution in [1.82, 2.24) is 9.55 Å². The molecule has 0 aliphatic rings. The summed E-state index contributed by atoms with van der Waals surface area (Å²) in [6.07, 6.45) is 3.56. The number of rotatable bonds is 13. The van der Waals surface area contributed by atoms with Crippen LogP contribution in [0.2, 0.25) is 0 Å². The SMILES string of the molecule is COCCn1c(C(=O)OC)c(NC(=O)CCc2ccccc2)c2cc(NCC[C@H](C)c3ccccc3)cnc21. The Morgan fingerprint density at radius 2 is 1.74 bits per heavy atom. The van der Waals surface area contributed by atoms with Gasteiger partial charge in [-0.2, -0.15) is 0 Å². The lowest BCUT2D eigenvalue weighted by Crippen LogP contribution is -2.18. The molecule has 0 saturated carbocycles. The number of nitrogens with zero attached hydrogens (tertiary/aromatic N) is 2. The van der Waals surface area contributed by atoms with Crippen molar-refractivity contribution < 1.29 is 19.1 Å². The van der Waals surface area contributed by atoms with Gasteiger partial charge >= 0.3 is 5.97 Å². The van der Waals surface area contributed by atoms with Crippen LogP contribution in [0.1, 0.15) is 47.3 Å². The third kappa shape index (κ3) is 7.03. The van der Waals surface area contributed by atoms with E-state index in [-0.39, 0.29) is 18.0 Å². The van der Waals surface area contributed by atoms with Gasteiger partial charge in [0.25, 0.3) is 0 Å². The largest absolute Gasteiger partial charge is 0.464 e. The Kier molecular flexibility index (Phi) is 9.69. The highest BCUT2D eigenvalue weighted by molar-refractivity contribution is 6.11. The number of hydrogen-bond acceptors (Lipinski definition) is 6. The summed E-state index contributed by atoms with van der Waals surface area (Å²) in [5.41, 5.74) is 4.41. The van der Waals surface area contributed by atoms with Gasteiger partial charge in [-0.1, -0.05) is 67.6 Å². The first-order chi connectivity index (χ1) is 19.0. The Balaban J connectivity index is 1.59. The number of hydrogen-bond donors (Lipinski definition) is 2. The minimum Gasteiger partial charge on any atom is -0.464 e. The second-order valence-corrected chi connectivity index (χ2v) is 9.52. The van der Waals surface area contributed by atoms with Crippen LogP contribution >= 0.6 is 0 Å². The highest BCUT2D eigenvalue weighted by atomic mass is 16.5. The van der Waals surface area contributed by atoms with E-state index in [9.17, 15) is 9.59 Å². The molecule has 0 unspecified atom stereocenters. The fraction of sp³-hybridized carbons (Fsp3) is 0.323. The normalized spacial score (nSPS) is 11.8. The molecular formula is C31H36N4O4. The molecule has 39 heavy (non-hydrogen) atoms. The zero-order valence-corrected chi connectivity index (χ0v) is 22.8. The number of anilines is 2. The van der Waals surface area contributed by atoms with Gasteiger partial charge in [-0.15, -0.1) is 0 Å². The van der Waals surface area contributed by atoms with E-state index >= 15 is 0 Å². The Morgan fingerprint density at radius 3 is 2.44 bits per heavy atom. The average Bonchev–Trinajstić information content (AvgIpc) is 3.27. The van der Waals surface area contributed by atoms with Crippen LogP contribution in [-0.4, -0.2) is 48.8 Å². The number of aryl methyl sites for hydroxylation is 1. The summed E-state index contributed by atoms with van der Waals surface area (Å²) < 4.78 is 12.1. The Bertz CT molecular complexity index is 1390. The highest BCUT2D eigenvalue weighted by Gasteiger charge is 2.26. The van der Waals surface area contributed by atoms with Gasteiger partial charge in [0.1, 0.15) is 5.65 Å². The number of esters is 1. The Hall–Kier alpha value is -4.17. The first-order valence-electron chi connectivity index (χ1n) is 13.2. The topological polar surface area (TPSA) is 94.5 Å². The van der Waals surface area contributed by atoms with Crippen molar-refractivity contribution in [1.29, 1.82) is 0 Å². The van der Waals surface area contributed by atoms with E-state index in [0.29, 0.717) is 42.2 Å². The predicted octanol–water partition coefficient (Wildman–Crippen LogP) is 5.65. The first-order valence-corrected chi connectivity index (χ1v) is 13.2. The van der Waals surface area contributed by atoms with E-state index in [1.165, 1.54) is 12.7 Å². The number of benzene rings is 2. The maximum absolute atomic E-state index is 13.0. The van der Waals surface area contributed by atoms with Gasteiger partial charge in [0, 0.05) is 32.0 Å². The summed E-state index contributed by atoms with van der Waals surface area (Å²) in [6, 6.07) is 22.2. The molecule has 2 aromatic heterocycles. The quantitative estimate of drug-likeness (QED) is 0.218. The van der Waals surface area contributed by atoms with E-state index in [4.69, 9.17) is 9.47 Å². The summed E-state index contributed by atoms with van der Waals surface area (Å²) in [7, 11) is 2.93. The molecule has 1 atom stereocenters. The molecule has 4 aromatic rings. The lowest BCUT2D eigenvalue weighted by Gasteiger charge is -2.13. The van der Waals surface area contributed by atoms with Gasteiger partial charge < -0.3 is 24.7 Å². The molecule has 0 bridgehead atoms. The van der Waals surface area contributed by atoms with Crippen molar-refractivity contribution in [2.24, 2.45) is 0 Å². The van der Waals surface area contributed by atoms with Crippen molar-refractivity contribution in [2.45, 2.75) is 38.6 Å². The maximum Gasteiger partial charge on any atom is 0.356 e. The molecule has 2 N–H and O–H groups in total. The molecule has 8 nitrogen and oxygen atoms in total. The molecule has 0 aliphatic heterocycles. The number of pyridine rings is 1. The number of carbonyl (C=O) groups excluding carboxylic acids is 2. The third-order valence-corrected chi connectivity index (χ3v) is 6.82. The van der Waals surface area contributed by atoms with Crippen LogP contribution in [0.5, 0.6) is 0 Å². The van der Waals surface area contributed by atoms with Crippen LogP contribution in [0, 0.1) is 0 Å². The van der Waals surface area contributed by atoms with Crippen LogP contribution in [0.15, 0.2) is 72.9 Å². The van der Waals surface area contributed by atoms with E-state index < -0.39 is 5.97 Å². The molecule has 0 radical (unpaired) electrons. The molecule has 2 heterocycles. The van der Waals surface area contributed by atoms with Crippen molar-refractivity contribution >= 4 is 34.3 Å². The molecule has 0 spiro atoms. The van der Waals surface area contributed by atoms with E-state index in [1.807, 2.05) is 42.5 Å². The molecular weight excluding hydrogens is 492 g/mol. The Labute approximate surface area is 229 Å². The minimum absolute atomic E-state index is 0.190. The second-order valence-electron chi connectivity index (χ2n) is 9.52. The van der Waals surface area contributed by atoms with Gasteiger partial charge in [-0.3, -0.25) is 4.79 Å². The number of fused-ring (bicyclic) bond motifs is 1. The van der Waals surface area contributed by atoms with Gasteiger partial charge in [0.05, 0.1) is 31.3 Å². The zero-order valence-electron chi connectivity index (χ0n) is 22.8. The molecule has 0 fully saturated rings. The molecule has 4 rings (SSSR count). The molecule has 204 valence electrons. The zero-order chi connectivity index (χ0) is 27.6. The number of methoxy groups -OCH3 is 2. The lowest BCUT2D eigenvalue weighted by atomic mass is 9.98. The van der Waals surface area contributed by atoms with Crippen molar-refractivity contribution in [3.05, 3.63) is 89.7 Å². The summed E-state index contributed by atoms with van der Waals surface area (Å²) in [5.74, 6) is -0.339. The van der Waals surface area contributed by atoms with Crippen molar-refractivity contribution in [3.63, 3.8) is 0 Å². The van der Waals surface area contributed by atoms with Crippen LogP contribution in [0.25, 0.3) is 11.0 Å². The van der Waals surface area contributed by atoms with E-state index in [0.717, 1.165) is 24.2 Å². The number of amides is 1. The van der Waals surface area contributed by atoms with Gasteiger partial charge in [-0.05, 0) is 36.0 Å². The molecule has 1 amide bonds. The van der Waals surface area contributed by atoms with Crippen molar-refractivity contribution in [2.75, 3.05) is 38.0 Å². The summed E-state index contributed by atoms with van der Waals surface area (Å²) in [6.45, 7) is 3.70. The average molecular weight is 529 g/mol. The van der Waals surface area contributed by atoms with Crippen LogP contribution in [0.4, 0.5) is 11.4 Å². The molecule has 0 saturated heterocycles. The lowest BCUT2D eigenvalue weighted by molar-refractivity contribution is -0.116. The number of carbonyl (C=O) groups is 2. The maximum atomic E-state index is 13.0. The smallest absolute Gasteiger partial charge is 0.356 e. The molecule has 8 heteroatoms. The minimum atomic E-state index is -0.548. The van der Waals surface area contributed by atoms with Gasteiger partial charge in [0.15, 0.2) is 5.69 Å². The van der Waals surface area contributed by atoms with Gasteiger partial charge in [-0.25, -0.2) is 9.78 Å². The summed E-state index contributed by atoms with van der Waals surface area (Å²) >= 11 is 0. The van der Waals surface area contributed by atoms with Crippen LogP contribution < -0.4 is 10.6 Å². The fourth-order valence-electron chi connectivity index (χ4n) is 4.64. The van der Waals surface area contributed by atoms with E-state index in [1.54, 1.807) is 17.9 Å².